The average Bonchev–Trinajstić information content (AvgIpc) is 3.88. The molecule has 0 aliphatic carbocycles. The number of carbonyl (C=O) groups excluding carboxylic acids is 3. The SMILES string of the molecule is Cc1nc2c(c(C#CCNC(=O)CCCCCN(N)C(=O)CCCCC3SCC4NC(=O)NC43)cn2[C@H]2CC(O)[C@@H](COP(=O)(O)CP(=O)(O)CP(=O)(O)O)O2)c(=O)[nH]1. The van der Waals surface area contributed by atoms with Gasteiger partial charge in [0.1, 0.15) is 30.0 Å². The van der Waals surface area contributed by atoms with E-state index in [9.17, 15) is 47.8 Å². The Morgan fingerprint density at radius 2 is 1.85 bits per heavy atom. The number of thioether (sulfide) groups is 1. The van der Waals surface area contributed by atoms with Crippen LogP contribution < -0.4 is 27.4 Å². The summed E-state index contributed by atoms with van der Waals surface area (Å²) >= 11 is 1.84. The van der Waals surface area contributed by atoms with Crippen molar-refractivity contribution in [2.45, 2.75) is 100 Å². The van der Waals surface area contributed by atoms with Crippen LogP contribution >= 0.6 is 34.3 Å². The third kappa shape index (κ3) is 13.7. The van der Waals surface area contributed by atoms with Crippen LogP contribution in [0.2, 0.25) is 0 Å². The summed E-state index contributed by atoms with van der Waals surface area (Å²) in [6.45, 7) is 1.18. The molecule has 4 amide bonds. The maximum absolute atomic E-state index is 13.0. The first kappa shape index (κ1) is 47.0. The van der Waals surface area contributed by atoms with Gasteiger partial charge in [-0.1, -0.05) is 24.7 Å². The number of aromatic nitrogens is 3. The molecule has 8 atom stereocenters. The number of urea groups is 1. The highest BCUT2D eigenvalue weighted by molar-refractivity contribution is 8.00. The third-order valence-electron chi connectivity index (χ3n) is 9.85. The van der Waals surface area contributed by atoms with Gasteiger partial charge in [-0.2, -0.15) is 11.8 Å². The van der Waals surface area contributed by atoms with Gasteiger partial charge in [-0.05, 0) is 32.6 Å². The van der Waals surface area contributed by atoms with Crippen LogP contribution in [0.25, 0.3) is 11.0 Å². The molecule has 22 nitrogen and oxygen atoms in total. The van der Waals surface area contributed by atoms with E-state index < -0.39 is 65.0 Å². The molecule has 3 aliphatic rings. The molecule has 328 valence electrons. The van der Waals surface area contributed by atoms with E-state index in [-0.39, 0.29) is 71.7 Å². The highest BCUT2D eigenvalue weighted by Gasteiger charge is 2.43. The zero-order valence-corrected chi connectivity index (χ0v) is 35.7. The lowest BCUT2D eigenvalue weighted by Gasteiger charge is -2.20. The Labute approximate surface area is 343 Å². The summed E-state index contributed by atoms with van der Waals surface area (Å²) in [6, 6.07) is 0.198. The molecule has 0 radical (unpaired) electrons. The molecular formula is C33H51N8O14P3S. The molecule has 11 N–H and O–H groups in total. The van der Waals surface area contributed by atoms with Gasteiger partial charge in [0, 0.05) is 43.0 Å². The number of nitrogens with two attached hydrogens (primary N) is 1. The first-order valence-electron chi connectivity index (χ1n) is 19.0. The van der Waals surface area contributed by atoms with E-state index >= 15 is 0 Å². The molecule has 5 rings (SSSR count). The monoisotopic (exact) mass is 908 g/mol. The van der Waals surface area contributed by atoms with Gasteiger partial charge in [0.2, 0.25) is 19.2 Å². The molecule has 0 saturated carbocycles. The number of hydrogen-bond acceptors (Lipinski definition) is 13. The lowest BCUT2D eigenvalue weighted by Crippen LogP contribution is -2.38. The molecule has 3 aliphatic heterocycles. The molecule has 3 saturated heterocycles. The molecule has 26 heteroatoms. The standard InChI is InChI=1S/C33H51N8O14P3S/c1-20-36-31-29(32(45)37-20)21(15-40(31)28-14-23(42)24(55-28)16-54-58(52,53)19-56(47,48)18-57(49,50)51)8-7-12-35-26(43)10-3-2-6-13-41(34)27(44)11-5-4-9-25-30-22(17-59-25)38-33(46)39-30/h15,22-25,28,30,42H,2-6,9-14,16-19,34H2,1H3,(H,35,43)(H,47,48)(H,52,53)(H,36,37,45)(H2,38,39,46)(H2,49,50,51)/t22?,23?,24-,25?,28-,30?/m1/s1. The van der Waals surface area contributed by atoms with E-state index in [1.54, 1.807) is 6.92 Å². The maximum Gasteiger partial charge on any atom is 0.337 e. The number of ether oxygens (including phenoxy) is 1. The number of nitrogens with zero attached hydrogens (tertiary/aromatic N) is 3. The third-order valence-corrected chi connectivity index (χ3v) is 18.3. The van der Waals surface area contributed by atoms with Crippen LogP contribution in [0.15, 0.2) is 11.0 Å². The van der Waals surface area contributed by atoms with Crippen LogP contribution in [0.1, 0.15) is 75.4 Å². The quantitative estimate of drug-likeness (QED) is 0.0166. The van der Waals surface area contributed by atoms with Crippen molar-refractivity contribution in [1.82, 2.24) is 35.5 Å². The van der Waals surface area contributed by atoms with Crippen molar-refractivity contribution in [1.29, 1.82) is 0 Å². The maximum atomic E-state index is 13.0. The number of unbranched alkanes of at least 4 members (excludes halogenated alkanes) is 3. The van der Waals surface area contributed by atoms with Crippen molar-refractivity contribution in [3.63, 3.8) is 0 Å². The summed E-state index contributed by atoms with van der Waals surface area (Å²) < 4.78 is 47.9. The van der Waals surface area contributed by atoms with Crippen molar-refractivity contribution in [2.24, 2.45) is 5.84 Å². The summed E-state index contributed by atoms with van der Waals surface area (Å²) in [7, 11) is -14.6. The van der Waals surface area contributed by atoms with E-state index in [1.165, 1.54) is 15.8 Å². The number of carbonyl (C=O) groups is 3. The number of aliphatic hydroxyl groups excluding tert-OH is 1. The summed E-state index contributed by atoms with van der Waals surface area (Å²) in [6.07, 6.45) is 2.90. The molecule has 3 fully saturated rings. The molecule has 2 aromatic rings. The van der Waals surface area contributed by atoms with Gasteiger partial charge in [0.05, 0.1) is 42.3 Å². The summed E-state index contributed by atoms with van der Waals surface area (Å²) in [4.78, 5) is 94.3. The van der Waals surface area contributed by atoms with Crippen LogP contribution in [0.3, 0.4) is 0 Å². The minimum absolute atomic E-state index is 0.0336. The predicted molar refractivity (Wildman–Crippen MR) is 215 cm³/mol. The zero-order valence-electron chi connectivity index (χ0n) is 32.2. The minimum atomic E-state index is -4.97. The number of H-pyrrole nitrogens is 1. The number of nitrogens with one attached hydrogen (secondary N) is 4. The Kier molecular flexibility index (Phi) is 16.1. The smallest absolute Gasteiger partial charge is 0.337 e. The summed E-state index contributed by atoms with van der Waals surface area (Å²) in [5.41, 5.74) is -0.0948. The first-order chi connectivity index (χ1) is 27.7. The molecule has 0 spiro atoms. The van der Waals surface area contributed by atoms with Crippen LogP contribution in [0, 0.1) is 18.8 Å². The number of amides is 4. The van der Waals surface area contributed by atoms with Crippen molar-refractivity contribution in [3.8, 4) is 11.8 Å². The highest BCUT2D eigenvalue weighted by Crippen LogP contribution is 2.63. The Bertz CT molecular complexity index is 2140. The van der Waals surface area contributed by atoms with Gasteiger partial charge in [0.25, 0.3) is 5.56 Å². The minimum Gasteiger partial charge on any atom is -0.390 e. The van der Waals surface area contributed by atoms with Crippen LogP contribution in [-0.4, -0.2) is 129 Å². The van der Waals surface area contributed by atoms with E-state index in [4.69, 9.17) is 24.9 Å². The fourth-order valence-corrected chi connectivity index (χ4v) is 15.1. The molecule has 0 bridgehead atoms. The Morgan fingerprint density at radius 1 is 1.10 bits per heavy atom. The number of aromatic amines is 1. The fraction of sp³-hybridized carbons (Fsp3) is 0.667. The van der Waals surface area contributed by atoms with Gasteiger partial charge in [-0.3, -0.25) is 33.1 Å². The number of aryl methyl sites for hydroxylation is 1. The second kappa shape index (κ2) is 20.2. The molecular weight excluding hydrogens is 857 g/mol. The molecule has 59 heavy (non-hydrogen) atoms. The van der Waals surface area contributed by atoms with Crippen molar-refractivity contribution >= 4 is 63.2 Å². The van der Waals surface area contributed by atoms with Gasteiger partial charge in [-0.15, -0.1) is 0 Å². The lowest BCUT2D eigenvalue weighted by molar-refractivity contribution is -0.131. The normalized spacial score (nSPS) is 24.7. The Balaban J connectivity index is 1.03. The van der Waals surface area contributed by atoms with Crippen molar-refractivity contribution in [2.75, 3.05) is 37.3 Å². The van der Waals surface area contributed by atoms with Crippen LogP contribution in [-0.2, 0) is 32.5 Å². The van der Waals surface area contributed by atoms with E-state index in [0.717, 1.165) is 18.6 Å². The first-order valence-corrected chi connectivity index (χ1v) is 25.6. The van der Waals surface area contributed by atoms with Crippen LogP contribution in [0.4, 0.5) is 4.79 Å². The largest absolute Gasteiger partial charge is 0.390 e. The van der Waals surface area contributed by atoms with Crippen LogP contribution in [0.5, 0.6) is 0 Å². The average molecular weight is 909 g/mol. The number of fused-ring (bicyclic) bond motifs is 2. The van der Waals surface area contributed by atoms with Gasteiger partial charge in [-0.25, -0.2) is 15.6 Å². The van der Waals surface area contributed by atoms with Gasteiger partial charge >= 0.3 is 21.2 Å². The number of rotatable bonds is 20. The summed E-state index contributed by atoms with van der Waals surface area (Å²) in [5.74, 6) is 9.50. The second-order valence-electron chi connectivity index (χ2n) is 14.8. The Hall–Kier alpha value is -3.09. The molecule has 6 unspecified atom stereocenters. The second-order valence-corrected chi connectivity index (χ2v) is 22.9. The summed E-state index contributed by atoms with van der Waals surface area (Å²) in [5, 5.41) is 20.9. The topological polar surface area (TPSA) is 338 Å². The molecule has 2 aromatic heterocycles. The van der Waals surface area contributed by atoms with E-state index in [0.29, 0.717) is 43.9 Å². The van der Waals surface area contributed by atoms with Crippen molar-refractivity contribution < 1.29 is 62.0 Å². The van der Waals surface area contributed by atoms with Crippen molar-refractivity contribution in [3.05, 3.63) is 27.9 Å². The fourth-order valence-electron chi connectivity index (χ4n) is 7.11. The molecule has 0 aromatic carbocycles. The van der Waals surface area contributed by atoms with E-state index in [2.05, 4.69) is 37.8 Å². The lowest BCUT2D eigenvalue weighted by atomic mass is 10.0. The van der Waals surface area contributed by atoms with Gasteiger partial charge < -0.3 is 59.4 Å². The Morgan fingerprint density at radius 3 is 2.59 bits per heavy atom. The highest BCUT2D eigenvalue weighted by atomic mass is 32.2. The molecule has 5 heterocycles. The number of aliphatic hydroxyl groups is 1. The predicted octanol–water partition coefficient (Wildman–Crippen LogP) is 0.703. The number of hydrogen-bond donors (Lipinski definition) is 10. The van der Waals surface area contributed by atoms with E-state index in [1.807, 2.05) is 11.8 Å². The number of hydrazine groups is 1. The van der Waals surface area contributed by atoms with Gasteiger partial charge in [0.15, 0.2) is 5.65 Å². The zero-order chi connectivity index (χ0) is 43.1.